The maximum atomic E-state index is 13.2. The Kier molecular flexibility index (Phi) is 29.9. The maximum Gasteiger partial charge on any atom is 1.00 e. The first-order chi connectivity index (χ1) is 54.7. The van der Waals surface area contributed by atoms with Crippen molar-refractivity contribution in [3.8, 4) is 41.8 Å². The van der Waals surface area contributed by atoms with Crippen LogP contribution in [0.4, 0.5) is 20.5 Å². The van der Waals surface area contributed by atoms with E-state index in [4.69, 9.17) is 11.6 Å². The topological polar surface area (TPSA) is 283 Å². The minimum atomic E-state index is -1.24. The molecule has 6 atom stereocenters. The number of anilines is 4. The summed E-state index contributed by atoms with van der Waals surface area (Å²) in [5.41, 5.74) is 13.9. The number of nitrogens with zero attached hydrogens (tertiary/aromatic N) is 8. The molecule has 612 valence electrons. The van der Waals surface area contributed by atoms with E-state index < -0.39 is 21.6 Å². The van der Waals surface area contributed by atoms with Crippen LogP contribution in [-0.2, 0) is 79.6 Å². The van der Waals surface area contributed by atoms with Gasteiger partial charge < -0.3 is 53.5 Å². The first-order valence-corrected chi connectivity index (χ1v) is 47.2. The number of halogens is 1. The summed E-state index contributed by atoms with van der Waals surface area (Å²) in [7, 11) is -2.48. The normalized spacial score (nSPS) is 17.1. The molecule has 0 radical (unpaired) electrons. The minimum Gasteiger partial charge on any atom is -0.793 e. The SMILES string of the molecule is CC(=O)Nc1nc(C)c(-c2cc(Cl)c3c(c2)CN([C@@H](C)C2CC2)C3=O)s1.CCSc1cc(-c2sc(NC(C)=O)nc2C)cc2c1C(=O)N([C@@H](C)C1CC1)C2.CC[S-].CC[S@@](=O)c1cc(-c2sc(NC(C)=O)nc2C)cc2c1C(=O)N([C@@H](C)C1CC1)C2.CC[S@](=O)c1cc(-c2sc(NC(C)=O)nc2C)cc2c1C(=O)N([C@@H](C)C1CC1)C2.[Na+]. The average molecular weight is 1750 g/mol. The fourth-order valence-electron chi connectivity index (χ4n) is 15.3. The summed E-state index contributed by atoms with van der Waals surface area (Å²) in [6.45, 7) is 32.3. The van der Waals surface area contributed by atoms with Gasteiger partial charge in [-0.3, -0.25) is 46.8 Å². The maximum absolute atomic E-state index is 13.2. The van der Waals surface area contributed by atoms with Gasteiger partial charge in [0.15, 0.2) is 20.5 Å². The number of aryl methyl sites for hydroxylation is 4. The molecule has 0 bridgehead atoms. The molecule has 4 aliphatic heterocycles. The van der Waals surface area contributed by atoms with Crippen LogP contribution in [0.25, 0.3) is 41.8 Å². The summed E-state index contributed by atoms with van der Waals surface area (Å²) in [6.07, 6.45) is 9.56. The number of hydrogen-bond acceptors (Lipinski definition) is 20. The Morgan fingerprint density at radius 2 is 0.698 bits per heavy atom. The molecule has 4 aliphatic carbocycles. The number of thioether (sulfide) groups is 1. The van der Waals surface area contributed by atoms with E-state index in [-0.39, 0.29) is 94.9 Å². The summed E-state index contributed by atoms with van der Waals surface area (Å²) in [5.74, 6) is 4.73. The van der Waals surface area contributed by atoms with Gasteiger partial charge in [0, 0.05) is 94.4 Å². The Morgan fingerprint density at radius 3 is 0.966 bits per heavy atom. The van der Waals surface area contributed by atoms with Crippen molar-refractivity contribution in [2.45, 2.75) is 227 Å². The van der Waals surface area contributed by atoms with Crippen LogP contribution in [0, 0.1) is 51.4 Å². The molecule has 8 aromatic rings. The number of thiazole rings is 4. The van der Waals surface area contributed by atoms with Crippen molar-refractivity contribution in [1.29, 1.82) is 0 Å². The molecular weight excluding hydrogens is 1650 g/mol. The molecule has 16 rings (SSSR count). The Labute approximate surface area is 737 Å². The quantitative estimate of drug-likeness (QED) is 0.0279. The average Bonchev–Trinajstić information content (AvgIpc) is 1.62. The van der Waals surface area contributed by atoms with Crippen LogP contribution >= 0.6 is 68.7 Å². The van der Waals surface area contributed by atoms with E-state index in [0.717, 1.165) is 109 Å². The van der Waals surface area contributed by atoms with Gasteiger partial charge in [0.05, 0.1) is 101 Å². The van der Waals surface area contributed by atoms with Crippen molar-refractivity contribution in [1.82, 2.24) is 39.5 Å². The minimum absolute atomic E-state index is 0. The van der Waals surface area contributed by atoms with Crippen LogP contribution in [0.3, 0.4) is 0 Å². The molecule has 8 aliphatic rings. The van der Waals surface area contributed by atoms with Crippen LogP contribution in [-0.4, -0.2) is 142 Å². The number of fused-ring (bicyclic) bond motifs is 4. The van der Waals surface area contributed by atoms with Gasteiger partial charge in [-0.1, -0.05) is 84.6 Å². The third-order valence-electron chi connectivity index (χ3n) is 21.9. The molecular formula is C84H100ClN12NaO10S8. The Hall–Kier alpha value is -6.55. The molecule has 4 fully saturated rings. The van der Waals surface area contributed by atoms with Crippen molar-refractivity contribution < 1.29 is 76.3 Å². The Balaban J connectivity index is 0.000000150. The van der Waals surface area contributed by atoms with E-state index in [1.807, 2.05) is 104 Å². The third kappa shape index (κ3) is 20.4. The number of benzene rings is 4. The zero-order valence-corrected chi connectivity index (χ0v) is 78.1. The van der Waals surface area contributed by atoms with E-state index in [1.54, 1.807) is 11.8 Å². The molecule has 116 heavy (non-hydrogen) atoms. The predicted octanol–water partition coefficient (Wildman–Crippen LogP) is 14.9. The van der Waals surface area contributed by atoms with Gasteiger partial charge in [0.2, 0.25) is 23.6 Å². The van der Waals surface area contributed by atoms with Crippen molar-refractivity contribution in [2.75, 3.05) is 44.3 Å². The number of hydrogen-bond donors (Lipinski definition) is 4. The number of rotatable bonds is 22. The predicted molar refractivity (Wildman–Crippen MR) is 468 cm³/mol. The van der Waals surface area contributed by atoms with E-state index in [0.29, 0.717) is 119 Å². The summed E-state index contributed by atoms with van der Waals surface area (Å²) in [4.78, 5) is 130. The number of carbonyl (C=O) groups is 8. The zero-order valence-electron chi connectivity index (χ0n) is 68.9. The fraction of sp³-hybridized carbons (Fsp3) is 0.476. The zero-order chi connectivity index (χ0) is 83.0. The van der Waals surface area contributed by atoms with Crippen molar-refractivity contribution >= 4 is 171 Å². The second kappa shape index (κ2) is 38.5. The molecule has 8 heterocycles. The van der Waals surface area contributed by atoms with Crippen molar-refractivity contribution in [2.24, 2.45) is 23.7 Å². The monoisotopic (exact) mass is 1750 g/mol. The van der Waals surface area contributed by atoms with Crippen LogP contribution in [0.2, 0.25) is 5.02 Å². The van der Waals surface area contributed by atoms with E-state index in [2.05, 4.69) is 101 Å². The summed E-state index contributed by atoms with van der Waals surface area (Å²) in [5, 5.41) is 13.7. The first-order valence-electron chi connectivity index (χ1n) is 39.3. The van der Waals surface area contributed by atoms with Crippen LogP contribution in [0.5, 0.6) is 0 Å². The third-order valence-corrected chi connectivity index (χ3v) is 30.2. The Morgan fingerprint density at radius 1 is 0.448 bits per heavy atom. The largest absolute Gasteiger partial charge is 1.00 e. The number of nitrogens with one attached hydrogen (secondary N) is 4. The van der Waals surface area contributed by atoms with E-state index in [9.17, 15) is 46.8 Å². The summed E-state index contributed by atoms with van der Waals surface area (Å²) < 4.78 is 25.7. The molecule has 22 nitrogen and oxygen atoms in total. The summed E-state index contributed by atoms with van der Waals surface area (Å²) in [6, 6.07) is 16.9. The molecule has 4 N–H and O–H groups in total. The first kappa shape index (κ1) is 90.2. The molecule has 4 aromatic heterocycles. The second-order valence-electron chi connectivity index (χ2n) is 30.5. The summed E-state index contributed by atoms with van der Waals surface area (Å²) >= 11 is 18.3. The Bertz CT molecular complexity index is 5050. The molecule has 0 saturated heterocycles. The molecule has 4 saturated carbocycles. The van der Waals surface area contributed by atoms with Gasteiger partial charge in [0.1, 0.15) is 0 Å². The van der Waals surface area contributed by atoms with E-state index >= 15 is 0 Å². The number of amides is 8. The molecule has 0 spiro atoms. The fourth-order valence-corrected chi connectivity index (χ4v) is 22.6. The smallest absolute Gasteiger partial charge is 0.793 e. The van der Waals surface area contributed by atoms with Gasteiger partial charge in [-0.05, 0) is 229 Å². The van der Waals surface area contributed by atoms with Crippen LogP contribution < -0.4 is 50.8 Å². The van der Waals surface area contributed by atoms with Gasteiger partial charge in [-0.25, -0.2) is 19.9 Å². The van der Waals surface area contributed by atoms with Crippen molar-refractivity contribution in [3.63, 3.8) is 0 Å². The number of aromatic nitrogens is 4. The second-order valence-corrected chi connectivity index (χ2v) is 40.2. The molecule has 32 heteroatoms. The van der Waals surface area contributed by atoms with Gasteiger partial charge in [-0.2, -0.15) is 5.75 Å². The van der Waals surface area contributed by atoms with Crippen molar-refractivity contribution in [3.05, 3.63) is 121 Å². The molecule has 4 aromatic carbocycles. The number of carbonyl (C=O) groups excluding carboxylic acids is 8. The molecule has 8 amide bonds. The van der Waals surface area contributed by atoms with E-state index in [1.165, 1.54) is 124 Å². The van der Waals surface area contributed by atoms with Crippen LogP contribution in [0.15, 0.2) is 63.2 Å². The van der Waals surface area contributed by atoms with Gasteiger partial charge in [0.25, 0.3) is 23.6 Å². The van der Waals surface area contributed by atoms with Gasteiger partial charge in [-0.15, -0.1) is 11.8 Å². The van der Waals surface area contributed by atoms with Crippen LogP contribution in [0.1, 0.15) is 221 Å². The standard InChI is InChI=1S/2C21H25N3O3S2.C21H25N3O2S2.C19H20ClN3O2S.C2H6S.Na/c2*1-5-29(27)17-9-15(19-11(2)22-21(28-19)23-13(4)25)8-16-10-24(20(26)18(16)17)12(3)14-6-7-14;1-5-27-17-9-15(19-11(2)22-21(28-19)23-13(4)25)8-16-10-24(20(26)18(16)17)12(3)14-6-7-14;1-9-17(26-19(21-9)22-11(3)24)13-6-14-8-23(10(2)12-4-5-12)18(25)16(14)15(20)7-13;1-2-3;/h2*8-9,12,14H,5-7,10H2,1-4H3,(H,22,23,25);8-9,12,14H,5-7,10H2,1-4H3,(H,22,23,25);6-7,10,12H,4-5,8H2,1-3H3,(H,21,22,24);3H,2H2,1H3;/q;;;;;+1/p-1/t12-,29+;12-,29-;12-;10-;;/m0000../s1. The molecule has 0 unspecified atom stereocenters. The van der Waals surface area contributed by atoms with Gasteiger partial charge >= 0.3 is 29.6 Å².